The quantitative estimate of drug-likeness (QED) is 0.512. The summed E-state index contributed by atoms with van der Waals surface area (Å²) >= 11 is 0. The highest BCUT2D eigenvalue weighted by molar-refractivity contribution is 4.70. The minimum Gasteiger partial charge on any atom is -0.271 e. The zero-order valence-corrected chi connectivity index (χ0v) is 7.90. The van der Waals surface area contributed by atoms with E-state index in [9.17, 15) is 8.78 Å². The summed E-state index contributed by atoms with van der Waals surface area (Å²) in [4.78, 5) is 0. The normalized spacial score (nSPS) is 15.2. The predicted molar refractivity (Wildman–Crippen MR) is 45.8 cm³/mol. The van der Waals surface area contributed by atoms with Gasteiger partial charge in [0, 0.05) is 0 Å². The maximum Gasteiger partial charge on any atom is 0.255 e. The van der Waals surface area contributed by atoms with E-state index >= 15 is 0 Å². The zero-order valence-electron chi connectivity index (χ0n) is 7.90. The first-order valence-electron chi connectivity index (χ1n) is 4.11. The summed E-state index contributed by atoms with van der Waals surface area (Å²) in [5, 5.41) is 0. The molecule has 0 aromatic heterocycles. The molecule has 0 aromatic carbocycles. The first-order chi connectivity index (χ1) is 5.37. The van der Waals surface area contributed by atoms with Gasteiger partial charge in [0.1, 0.15) is 0 Å². The molecule has 0 rings (SSSR count). The monoisotopic (exact) mass is 180 g/mol. The Hall–Kier alpha value is -0.220. The Kier molecular flexibility index (Phi) is 4.63. The minimum atomic E-state index is -2.38. The fraction of sp³-hybridized carbons (Fsp3) is 1.00. The third-order valence-electron chi connectivity index (χ3n) is 1.72. The highest BCUT2D eigenvalue weighted by atomic mass is 19.3. The van der Waals surface area contributed by atoms with Crippen molar-refractivity contribution >= 4 is 0 Å². The van der Waals surface area contributed by atoms with Crippen LogP contribution in [0.3, 0.4) is 0 Å². The molecule has 1 atom stereocenters. The van der Waals surface area contributed by atoms with E-state index < -0.39 is 12.5 Å². The Balaban J connectivity index is 3.73. The first-order valence-corrected chi connectivity index (χ1v) is 4.11. The first kappa shape index (κ1) is 11.8. The molecule has 0 bridgehead atoms. The second kappa shape index (κ2) is 4.72. The second-order valence-electron chi connectivity index (χ2n) is 4.21. The van der Waals surface area contributed by atoms with Crippen LogP contribution in [0.4, 0.5) is 8.78 Å². The van der Waals surface area contributed by atoms with Crippen molar-refractivity contribution in [3.05, 3.63) is 0 Å². The zero-order chi connectivity index (χ0) is 9.78. The second-order valence-corrected chi connectivity index (χ2v) is 4.21. The van der Waals surface area contributed by atoms with Crippen molar-refractivity contribution in [1.29, 1.82) is 0 Å². The summed E-state index contributed by atoms with van der Waals surface area (Å²) in [5.41, 5.74) is 2.21. The van der Waals surface area contributed by atoms with E-state index in [2.05, 4.69) is 5.43 Å². The number of hydrazine groups is 1. The summed E-state index contributed by atoms with van der Waals surface area (Å²) in [6.07, 6.45) is -1.22. The van der Waals surface area contributed by atoms with Gasteiger partial charge in [-0.05, 0) is 18.3 Å². The van der Waals surface area contributed by atoms with Gasteiger partial charge in [-0.15, -0.1) is 0 Å². The van der Waals surface area contributed by atoms with Crippen LogP contribution >= 0.6 is 0 Å². The molecule has 0 saturated carbocycles. The molecule has 74 valence electrons. The van der Waals surface area contributed by atoms with Crippen LogP contribution in [-0.2, 0) is 0 Å². The Morgan fingerprint density at radius 2 is 1.83 bits per heavy atom. The number of rotatable bonds is 4. The number of hydrogen-bond donors (Lipinski definition) is 2. The Morgan fingerprint density at radius 1 is 1.33 bits per heavy atom. The van der Waals surface area contributed by atoms with Crippen molar-refractivity contribution in [2.45, 2.75) is 46.1 Å². The lowest BCUT2D eigenvalue weighted by Gasteiger charge is -2.22. The molecule has 0 amide bonds. The summed E-state index contributed by atoms with van der Waals surface area (Å²) in [6, 6.07) is -0.871. The number of nitrogens with two attached hydrogens (primary N) is 1. The van der Waals surface area contributed by atoms with E-state index in [4.69, 9.17) is 5.84 Å². The van der Waals surface area contributed by atoms with Crippen molar-refractivity contribution in [1.82, 2.24) is 5.43 Å². The molecule has 0 aliphatic rings. The number of halogens is 2. The molecule has 12 heavy (non-hydrogen) atoms. The number of nitrogens with one attached hydrogen (secondary N) is 1. The number of hydrogen-bond acceptors (Lipinski definition) is 2. The van der Waals surface area contributed by atoms with Crippen LogP contribution in [0.5, 0.6) is 0 Å². The average molecular weight is 180 g/mol. The molecule has 3 N–H and O–H groups in total. The molecular weight excluding hydrogens is 162 g/mol. The Bertz CT molecular complexity index is 121. The molecule has 0 aromatic rings. The van der Waals surface area contributed by atoms with Crippen LogP contribution in [-0.4, -0.2) is 12.5 Å². The molecular formula is C8H18F2N2. The molecule has 0 spiro atoms. The van der Waals surface area contributed by atoms with Gasteiger partial charge in [-0.25, -0.2) is 8.78 Å². The van der Waals surface area contributed by atoms with Gasteiger partial charge in [0.25, 0.3) is 6.43 Å². The van der Waals surface area contributed by atoms with E-state index in [1.54, 1.807) is 0 Å². The third-order valence-corrected chi connectivity index (χ3v) is 1.72. The van der Waals surface area contributed by atoms with Crippen LogP contribution in [0.25, 0.3) is 0 Å². The molecule has 0 saturated heterocycles. The van der Waals surface area contributed by atoms with Crippen LogP contribution in [0.2, 0.25) is 0 Å². The molecule has 0 aliphatic heterocycles. The van der Waals surface area contributed by atoms with E-state index in [1.165, 1.54) is 0 Å². The van der Waals surface area contributed by atoms with Crippen molar-refractivity contribution < 1.29 is 8.78 Å². The summed E-state index contributed by atoms with van der Waals surface area (Å²) in [6.45, 7) is 6.06. The van der Waals surface area contributed by atoms with Gasteiger partial charge < -0.3 is 0 Å². The van der Waals surface area contributed by atoms with Crippen LogP contribution in [0.1, 0.15) is 33.6 Å². The van der Waals surface area contributed by atoms with Crippen LogP contribution in [0, 0.1) is 5.41 Å². The smallest absolute Gasteiger partial charge is 0.255 e. The van der Waals surface area contributed by atoms with Crippen LogP contribution in [0.15, 0.2) is 0 Å². The van der Waals surface area contributed by atoms with Crippen LogP contribution < -0.4 is 11.3 Å². The lowest BCUT2D eigenvalue weighted by atomic mass is 9.89. The predicted octanol–water partition coefficient (Wildman–Crippen LogP) is 1.91. The molecule has 0 heterocycles. The van der Waals surface area contributed by atoms with Crippen molar-refractivity contribution in [2.75, 3.05) is 0 Å². The third kappa shape index (κ3) is 5.43. The largest absolute Gasteiger partial charge is 0.271 e. The van der Waals surface area contributed by atoms with Gasteiger partial charge in [0.15, 0.2) is 0 Å². The maximum atomic E-state index is 12.1. The highest BCUT2D eigenvalue weighted by Gasteiger charge is 2.21. The van der Waals surface area contributed by atoms with Crippen molar-refractivity contribution in [2.24, 2.45) is 11.3 Å². The Labute approximate surface area is 72.5 Å². The topological polar surface area (TPSA) is 38.0 Å². The van der Waals surface area contributed by atoms with E-state index in [1.807, 2.05) is 20.8 Å². The molecule has 0 radical (unpaired) electrons. The molecule has 0 fully saturated rings. The summed E-state index contributed by atoms with van der Waals surface area (Å²) in [5.74, 6) is 4.97. The molecule has 1 unspecified atom stereocenters. The van der Waals surface area contributed by atoms with Crippen molar-refractivity contribution in [3.63, 3.8) is 0 Å². The van der Waals surface area contributed by atoms with E-state index in [-0.39, 0.29) is 5.41 Å². The Morgan fingerprint density at radius 3 is 2.08 bits per heavy atom. The minimum absolute atomic E-state index is 0.0873. The standard InChI is InChI=1S/C8H18F2N2/c1-8(2,3)5-4-6(12-11)7(9)10/h6-7,12H,4-5,11H2,1-3H3. The van der Waals surface area contributed by atoms with Gasteiger partial charge in [0.2, 0.25) is 0 Å². The SMILES string of the molecule is CC(C)(C)CCC(NN)C(F)F. The summed E-state index contributed by atoms with van der Waals surface area (Å²) < 4.78 is 24.3. The fourth-order valence-electron chi connectivity index (χ4n) is 0.871. The van der Waals surface area contributed by atoms with E-state index in [0.29, 0.717) is 6.42 Å². The van der Waals surface area contributed by atoms with Crippen molar-refractivity contribution in [3.8, 4) is 0 Å². The van der Waals surface area contributed by atoms with E-state index in [0.717, 1.165) is 6.42 Å². The molecule has 4 heteroatoms. The number of alkyl halides is 2. The lowest BCUT2D eigenvalue weighted by Crippen LogP contribution is -2.41. The lowest BCUT2D eigenvalue weighted by molar-refractivity contribution is 0.0882. The average Bonchev–Trinajstić information content (AvgIpc) is 1.85. The molecule has 2 nitrogen and oxygen atoms in total. The molecule has 0 aliphatic carbocycles. The van der Waals surface area contributed by atoms with Gasteiger partial charge in [-0.2, -0.15) is 0 Å². The van der Waals surface area contributed by atoms with Gasteiger partial charge in [-0.1, -0.05) is 20.8 Å². The maximum absolute atomic E-state index is 12.1. The van der Waals surface area contributed by atoms with Gasteiger partial charge >= 0.3 is 0 Å². The van der Waals surface area contributed by atoms with Gasteiger partial charge in [-0.3, -0.25) is 11.3 Å². The van der Waals surface area contributed by atoms with Gasteiger partial charge in [0.05, 0.1) is 6.04 Å². The fourth-order valence-corrected chi connectivity index (χ4v) is 0.871. The highest BCUT2D eigenvalue weighted by Crippen LogP contribution is 2.22. The summed E-state index contributed by atoms with van der Waals surface area (Å²) in [7, 11) is 0.